The molecule has 1 heterocycles. The minimum atomic E-state index is 0.458. The molecule has 0 saturated carbocycles. The van der Waals surface area contributed by atoms with Crippen LogP contribution < -0.4 is 10.6 Å². The zero-order chi connectivity index (χ0) is 15.1. The highest BCUT2D eigenvalue weighted by atomic mass is 15.0. The lowest BCUT2D eigenvalue weighted by molar-refractivity contribution is 0.552. The number of rotatable bonds is 8. The summed E-state index contributed by atoms with van der Waals surface area (Å²) in [6.07, 6.45) is 0. The lowest BCUT2D eigenvalue weighted by Crippen LogP contribution is -2.19. The van der Waals surface area contributed by atoms with Gasteiger partial charge in [-0.3, -0.25) is 0 Å². The van der Waals surface area contributed by atoms with E-state index >= 15 is 0 Å². The van der Waals surface area contributed by atoms with Crippen LogP contribution in [0.4, 0.5) is 5.82 Å². The van der Waals surface area contributed by atoms with Gasteiger partial charge in [0.1, 0.15) is 5.82 Å². The Balaban J connectivity index is 2.76. The number of nitrogens with one attached hydrogen (secondary N) is 2. The van der Waals surface area contributed by atoms with Gasteiger partial charge in [0.05, 0.1) is 0 Å². The molecule has 3 heteroatoms. The van der Waals surface area contributed by atoms with Gasteiger partial charge in [-0.05, 0) is 42.0 Å². The van der Waals surface area contributed by atoms with E-state index in [4.69, 9.17) is 4.98 Å². The average molecular weight is 277 g/mol. The van der Waals surface area contributed by atoms with Crippen LogP contribution in [0.1, 0.15) is 58.7 Å². The highest BCUT2D eigenvalue weighted by Crippen LogP contribution is 2.18. The van der Waals surface area contributed by atoms with Crippen LogP contribution in [-0.4, -0.2) is 18.1 Å². The minimum Gasteiger partial charge on any atom is -0.370 e. The van der Waals surface area contributed by atoms with E-state index in [1.807, 2.05) is 0 Å². The monoisotopic (exact) mass is 277 g/mol. The molecule has 20 heavy (non-hydrogen) atoms. The third-order valence-electron chi connectivity index (χ3n) is 3.07. The first-order chi connectivity index (χ1) is 9.38. The number of nitrogens with zero attached hydrogens (tertiary/aromatic N) is 1. The molecule has 0 aliphatic rings. The van der Waals surface area contributed by atoms with Crippen molar-refractivity contribution in [2.75, 3.05) is 18.4 Å². The Morgan fingerprint density at radius 1 is 0.950 bits per heavy atom. The maximum atomic E-state index is 4.71. The Bertz CT molecular complexity index is 397. The maximum absolute atomic E-state index is 4.71. The number of hydrogen-bond acceptors (Lipinski definition) is 3. The van der Waals surface area contributed by atoms with E-state index in [0.29, 0.717) is 17.8 Å². The Hall–Kier alpha value is -1.09. The molecule has 0 amide bonds. The fraction of sp³-hybridized carbons (Fsp3) is 0.706. The predicted molar refractivity (Wildman–Crippen MR) is 88.2 cm³/mol. The molecule has 3 nitrogen and oxygen atoms in total. The number of hydrogen-bond donors (Lipinski definition) is 2. The maximum Gasteiger partial charge on any atom is 0.126 e. The second-order valence-electron chi connectivity index (χ2n) is 6.74. The van der Waals surface area contributed by atoms with E-state index in [1.165, 1.54) is 11.3 Å². The molecule has 0 aliphatic heterocycles. The molecule has 0 saturated heterocycles. The van der Waals surface area contributed by atoms with Crippen molar-refractivity contribution in [1.29, 1.82) is 0 Å². The van der Waals surface area contributed by atoms with Crippen molar-refractivity contribution < 1.29 is 0 Å². The van der Waals surface area contributed by atoms with E-state index in [0.717, 1.165) is 25.5 Å². The minimum absolute atomic E-state index is 0.458. The Morgan fingerprint density at radius 3 is 2.15 bits per heavy atom. The molecule has 0 fully saturated rings. The van der Waals surface area contributed by atoms with Crippen molar-refractivity contribution in [3.8, 4) is 0 Å². The Morgan fingerprint density at radius 2 is 1.60 bits per heavy atom. The van der Waals surface area contributed by atoms with Crippen LogP contribution in [0.2, 0.25) is 0 Å². The third kappa shape index (κ3) is 6.38. The quantitative estimate of drug-likeness (QED) is 0.753. The largest absolute Gasteiger partial charge is 0.370 e. The van der Waals surface area contributed by atoms with Crippen LogP contribution in [0.25, 0.3) is 0 Å². The van der Waals surface area contributed by atoms with Gasteiger partial charge >= 0.3 is 0 Å². The molecular formula is C17H31N3. The lowest BCUT2D eigenvalue weighted by Gasteiger charge is -2.14. The molecular weight excluding hydrogens is 246 g/mol. The van der Waals surface area contributed by atoms with Gasteiger partial charge in [-0.1, -0.05) is 41.5 Å². The van der Waals surface area contributed by atoms with E-state index in [2.05, 4.69) is 64.3 Å². The standard InChI is InChI=1S/C17H31N3/c1-12(2)9-18-11-15-7-16(14(5)6)20-17(8-15)19-10-13(3)4/h7-8,12-14,18H,9-11H2,1-6H3,(H,19,20). The first kappa shape index (κ1) is 17.0. The summed E-state index contributed by atoms with van der Waals surface area (Å²) < 4.78 is 0. The van der Waals surface area contributed by atoms with Gasteiger partial charge in [0.25, 0.3) is 0 Å². The summed E-state index contributed by atoms with van der Waals surface area (Å²) in [5.74, 6) is 2.77. The SMILES string of the molecule is CC(C)CNCc1cc(NCC(C)C)nc(C(C)C)c1. The molecule has 1 rings (SSSR count). The van der Waals surface area contributed by atoms with Crippen molar-refractivity contribution in [2.45, 2.75) is 54.0 Å². The normalized spacial score (nSPS) is 11.7. The summed E-state index contributed by atoms with van der Waals surface area (Å²) in [7, 11) is 0. The topological polar surface area (TPSA) is 37.0 Å². The summed E-state index contributed by atoms with van der Waals surface area (Å²) in [5, 5.41) is 6.94. The molecule has 0 radical (unpaired) electrons. The van der Waals surface area contributed by atoms with Gasteiger partial charge in [-0.25, -0.2) is 4.98 Å². The van der Waals surface area contributed by atoms with E-state index < -0.39 is 0 Å². The fourth-order valence-corrected chi connectivity index (χ4v) is 1.91. The highest BCUT2D eigenvalue weighted by molar-refractivity contribution is 5.40. The second kappa shape index (κ2) is 8.25. The number of anilines is 1. The van der Waals surface area contributed by atoms with Crippen LogP contribution >= 0.6 is 0 Å². The summed E-state index contributed by atoms with van der Waals surface area (Å²) in [6.45, 7) is 16.2. The number of pyridine rings is 1. The third-order valence-corrected chi connectivity index (χ3v) is 3.07. The molecule has 0 spiro atoms. The van der Waals surface area contributed by atoms with Gasteiger partial charge in [0, 0.05) is 18.8 Å². The second-order valence-corrected chi connectivity index (χ2v) is 6.74. The van der Waals surface area contributed by atoms with Crippen LogP contribution in [0.15, 0.2) is 12.1 Å². The average Bonchev–Trinajstić information content (AvgIpc) is 2.35. The summed E-state index contributed by atoms with van der Waals surface area (Å²) in [6, 6.07) is 4.39. The first-order valence-corrected chi connectivity index (χ1v) is 7.84. The molecule has 0 bridgehead atoms. The van der Waals surface area contributed by atoms with Crippen LogP contribution in [-0.2, 0) is 6.54 Å². The highest BCUT2D eigenvalue weighted by Gasteiger charge is 2.07. The van der Waals surface area contributed by atoms with Gasteiger partial charge < -0.3 is 10.6 Å². The van der Waals surface area contributed by atoms with E-state index in [9.17, 15) is 0 Å². The van der Waals surface area contributed by atoms with E-state index in [-0.39, 0.29) is 0 Å². The summed E-state index contributed by atoms with van der Waals surface area (Å²) in [5.41, 5.74) is 2.48. The molecule has 1 aromatic heterocycles. The predicted octanol–water partition coefficient (Wildman–Crippen LogP) is 4.02. The van der Waals surface area contributed by atoms with Gasteiger partial charge in [0.2, 0.25) is 0 Å². The molecule has 0 unspecified atom stereocenters. The first-order valence-electron chi connectivity index (χ1n) is 7.84. The van der Waals surface area contributed by atoms with Gasteiger partial charge in [0.15, 0.2) is 0 Å². The van der Waals surface area contributed by atoms with Crippen LogP contribution in [0.5, 0.6) is 0 Å². The summed E-state index contributed by atoms with van der Waals surface area (Å²) in [4.78, 5) is 4.71. The van der Waals surface area contributed by atoms with E-state index in [1.54, 1.807) is 0 Å². The van der Waals surface area contributed by atoms with Crippen molar-refractivity contribution in [1.82, 2.24) is 10.3 Å². The molecule has 1 aromatic rings. The van der Waals surface area contributed by atoms with Crippen molar-refractivity contribution >= 4 is 5.82 Å². The lowest BCUT2D eigenvalue weighted by atomic mass is 10.1. The van der Waals surface area contributed by atoms with Crippen LogP contribution in [0.3, 0.4) is 0 Å². The van der Waals surface area contributed by atoms with Gasteiger partial charge in [-0.15, -0.1) is 0 Å². The van der Waals surface area contributed by atoms with Crippen molar-refractivity contribution in [3.63, 3.8) is 0 Å². The smallest absolute Gasteiger partial charge is 0.126 e. The summed E-state index contributed by atoms with van der Waals surface area (Å²) >= 11 is 0. The Kier molecular flexibility index (Phi) is 7.00. The molecule has 0 atom stereocenters. The number of aromatic nitrogens is 1. The molecule has 0 aliphatic carbocycles. The zero-order valence-electron chi connectivity index (χ0n) is 14.0. The van der Waals surface area contributed by atoms with Gasteiger partial charge in [-0.2, -0.15) is 0 Å². The van der Waals surface area contributed by atoms with Crippen LogP contribution in [0, 0.1) is 11.8 Å². The molecule has 114 valence electrons. The molecule has 0 aromatic carbocycles. The van der Waals surface area contributed by atoms with Crippen molar-refractivity contribution in [2.24, 2.45) is 11.8 Å². The zero-order valence-corrected chi connectivity index (χ0v) is 14.0. The Labute approximate surface area is 124 Å². The van der Waals surface area contributed by atoms with Crippen molar-refractivity contribution in [3.05, 3.63) is 23.4 Å². The molecule has 2 N–H and O–H groups in total. The fourth-order valence-electron chi connectivity index (χ4n) is 1.91.